The Morgan fingerprint density at radius 3 is 2.45 bits per heavy atom. The fraction of sp³-hybridized carbons (Fsp3) is 0.375. The van der Waals surface area contributed by atoms with Gasteiger partial charge in [0.1, 0.15) is 5.56 Å². The van der Waals surface area contributed by atoms with Crippen molar-refractivity contribution in [1.82, 2.24) is 14.8 Å². The van der Waals surface area contributed by atoms with Crippen molar-refractivity contribution in [1.29, 1.82) is 0 Å². The van der Waals surface area contributed by atoms with E-state index in [0.717, 1.165) is 42.6 Å². The van der Waals surface area contributed by atoms with Gasteiger partial charge in [-0.3, -0.25) is 9.48 Å². The number of alkyl halides is 3. The number of halogens is 4. The van der Waals surface area contributed by atoms with Gasteiger partial charge in [-0.15, -0.1) is 0 Å². The molecule has 0 radical (unpaired) electrons. The van der Waals surface area contributed by atoms with Gasteiger partial charge in [-0.2, -0.15) is 18.3 Å². The van der Waals surface area contributed by atoms with Crippen LogP contribution in [0, 0.1) is 17.7 Å². The molecule has 2 heterocycles. The number of hydrogen-bond acceptors (Lipinski definition) is 5. The lowest BCUT2D eigenvalue weighted by atomic mass is 9.82. The Morgan fingerprint density at radius 2 is 1.82 bits per heavy atom. The zero-order valence-corrected chi connectivity index (χ0v) is 24.4. The molecule has 1 aliphatic carbocycles. The molecule has 8 nitrogen and oxygen atoms in total. The number of ether oxygens (including phenoxy) is 1. The molecule has 2 aromatic heterocycles. The number of benzene rings is 2. The molecule has 0 spiro atoms. The van der Waals surface area contributed by atoms with Crippen LogP contribution in [0.2, 0.25) is 0 Å². The number of carbonyl (C=O) groups is 2. The van der Waals surface area contributed by atoms with Crippen molar-refractivity contribution in [2.24, 2.45) is 11.8 Å². The summed E-state index contributed by atoms with van der Waals surface area (Å²) in [7, 11) is 0. The minimum absolute atomic E-state index is 0.0176. The largest absolute Gasteiger partial charge is 0.478 e. The van der Waals surface area contributed by atoms with E-state index in [9.17, 15) is 27.9 Å². The number of amides is 1. The van der Waals surface area contributed by atoms with Crippen LogP contribution in [-0.2, 0) is 17.5 Å². The summed E-state index contributed by atoms with van der Waals surface area (Å²) in [5.74, 6) is -4.52. The van der Waals surface area contributed by atoms with Crippen molar-refractivity contribution < 1.29 is 37.0 Å². The van der Waals surface area contributed by atoms with Crippen LogP contribution in [0.3, 0.4) is 0 Å². The van der Waals surface area contributed by atoms with Crippen molar-refractivity contribution >= 4 is 28.5 Å². The Kier molecular flexibility index (Phi) is 8.62. The molecule has 232 valence electrons. The fourth-order valence-electron chi connectivity index (χ4n) is 5.60. The molecule has 44 heavy (non-hydrogen) atoms. The highest BCUT2D eigenvalue weighted by atomic mass is 19.4. The Morgan fingerprint density at radius 1 is 1.11 bits per heavy atom. The Labute approximate surface area is 251 Å². The zero-order chi connectivity index (χ0) is 31.8. The number of aromatic nitrogens is 3. The average Bonchev–Trinajstić information content (AvgIpc) is 3.37. The van der Waals surface area contributed by atoms with E-state index in [1.807, 2.05) is 12.1 Å². The second kappa shape index (κ2) is 12.3. The topological polar surface area (TPSA) is 97.6 Å². The molecule has 12 heteroatoms. The standard InChI is InChI=1S/C32H32F4N4O4/c1-18(2)40(30(41)21-10-8-19(3)9-11-21)27-14-25(33)28(13-23(27)31(42)43)44-29-24(32(34,35)36)12-20(15-37-29)16-39-17-22-6-4-5-7-26(22)38-39/h4-7,12-15,17-19,21H,8-11,16H2,1-3H3,(H,42,43). The molecule has 1 aliphatic rings. The van der Waals surface area contributed by atoms with Gasteiger partial charge >= 0.3 is 12.1 Å². The maximum absolute atomic E-state index is 15.5. The minimum atomic E-state index is -4.92. The van der Waals surface area contributed by atoms with Crippen LogP contribution in [0.4, 0.5) is 23.2 Å². The van der Waals surface area contributed by atoms with Crippen LogP contribution in [0.15, 0.2) is 54.9 Å². The summed E-state index contributed by atoms with van der Waals surface area (Å²) < 4.78 is 64.6. The average molecular weight is 613 g/mol. The molecule has 5 rings (SSSR count). The summed E-state index contributed by atoms with van der Waals surface area (Å²) >= 11 is 0. The molecule has 1 saturated carbocycles. The lowest BCUT2D eigenvalue weighted by molar-refractivity contribution is -0.139. The first kappa shape index (κ1) is 31.0. The third kappa shape index (κ3) is 6.53. The molecule has 1 fully saturated rings. The van der Waals surface area contributed by atoms with E-state index in [2.05, 4.69) is 17.0 Å². The summed E-state index contributed by atoms with van der Waals surface area (Å²) in [5.41, 5.74) is -1.09. The molecule has 0 aliphatic heterocycles. The van der Waals surface area contributed by atoms with E-state index < -0.39 is 46.8 Å². The summed E-state index contributed by atoms with van der Waals surface area (Å²) in [6.07, 6.45) is 0.894. The summed E-state index contributed by atoms with van der Waals surface area (Å²) in [6.45, 7) is 5.45. The Balaban J connectivity index is 1.47. The van der Waals surface area contributed by atoms with Crippen LogP contribution in [0.25, 0.3) is 10.9 Å². The normalized spacial score (nSPS) is 17.2. The van der Waals surface area contributed by atoms with E-state index in [4.69, 9.17) is 4.74 Å². The van der Waals surface area contributed by atoms with Crippen LogP contribution < -0.4 is 9.64 Å². The molecular formula is C32H32F4N4O4. The number of carboxylic acids is 1. The number of fused-ring (bicyclic) bond motifs is 1. The molecule has 0 atom stereocenters. The lowest BCUT2D eigenvalue weighted by Gasteiger charge is -2.34. The number of aromatic carboxylic acids is 1. The van der Waals surface area contributed by atoms with Crippen LogP contribution in [0.1, 0.15) is 67.9 Å². The van der Waals surface area contributed by atoms with Crippen molar-refractivity contribution in [2.75, 3.05) is 4.90 Å². The lowest BCUT2D eigenvalue weighted by Crippen LogP contribution is -2.43. The number of hydrogen-bond donors (Lipinski definition) is 1. The van der Waals surface area contributed by atoms with Gasteiger partial charge in [0, 0.05) is 41.9 Å². The highest BCUT2D eigenvalue weighted by molar-refractivity contribution is 6.03. The van der Waals surface area contributed by atoms with Crippen LogP contribution >= 0.6 is 0 Å². The molecule has 0 bridgehead atoms. The number of rotatable bonds is 8. The summed E-state index contributed by atoms with van der Waals surface area (Å²) in [4.78, 5) is 30.9. The quantitative estimate of drug-likeness (QED) is 0.205. The van der Waals surface area contributed by atoms with Gasteiger partial charge < -0.3 is 14.7 Å². The third-order valence-electron chi connectivity index (χ3n) is 7.88. The first-order valence-corrected chi connectivity index (χ1v) is 14.4. The smallest absolute Gasteiger partial charge is 0.421 e. The fourth-order valence-corrected chi connectivity index (χ4v) is 5.60. The molecule has 4 aromatic rings. The molecular weight excluding hydrogens is 580 g/mol. The number of carboxylic acid groups (broad SMARTS) is 1. The number of nitrogens with zero attached hydrogens (tertiary/aromatic N) is 4. The predicted octanol–water partition coefficient (Wildman–Crippen LogP) is 7.70. The van der Waals surface area contributed by atoms with Gasteiger partial charge in [0.2, 0.25) is 11.8 Å². The number of carbonyl (C=O) groups excluding carboxylic acids is 1. The van der Waals surface area contributed by atoms with E-state index in [1.165, 1.54) is 9.58 Å². The number of pyridine rings is 1. The van der Waals surface area contributed by atoms with Crippen molar-refractivity contribution in [2.45, 2.75) is 65.2 Å². The predicted molar refractivity (Wildman–Crippen MR) is 155 cm³/mol. The SMILES string of the molecule is CC1CCC(C(=O)N(c2cc(F)c(Oc3ncc(Cn4cc5ccccc5n4)cc3C(F)(F)F)cc2C(=O)O)C(C)C)CC1. The van der Waals surface area contributed by atoms with E-state index >= 15 is 4.39 Å². The molecule has 1 N–H and O–H groups in total. The molecule has 0 unspecified atom stereocenters. The zero-order valence-electron chi connectivity index (χ0n) is 24.4. The minimum Gasteiger partial charge on any atom is -0.478 e. The maximum Gasteiger partial charge on any atom is 0.421 e. The summed E-state index contributed by atoms with van der Waals surface area (Å²) in [5, 5.41) is 15.2. The van der Waals surface area contributed by atoms with Gasteiger partial charge in [-0.1, -0.05) is 25.1 Å². The van der Waals surface area contributed by atoms with E-state index in [-0.39, 0.29) is 29.6 Å². The third-order valence-corrected chi connectivity index (χ3v) is 7.88. The monoisotopic (exact) mass is 612 g/mol. The highest BCUT2D eigenvalue weighted by Crippen LogP contribution is 2.40. The van der Waals surface area contributed by atoms with E-state index in [0.29, 0.717) is 24.3 Å². The van der Waals surface area contributed by atoms with Gasteiger partial charge in [0.05, 0.1) is 23.3 Å². The van der Waals surface area contributed by atoms with Gasteiger partial charge in [-0.05, 0) is 63.1 Å². The van der Waals surface area contributed by atoms with E-state index in [1.54, 1.807) is 32.2 Å². The Bertz CT molecular complexity index is 1660. The first-order chi connectivity index (χ1) is 20.8. The second-order valence-electron chi connectivity index (χ2n) is 11.5. The molecule has 0 saturated heterocycles. The number of anilines is 1. The van der Waals surface area contributed by atoms with Gasteiger partial charge in [-0.25, -0.2) is 14.2 Å². The molecule has 2 aromatic carbocycles. The van der Waals surface area contributed by atoms with Crippen molar-refractivity contribution in [3.63, 3.8) is 0 Å². The summed E-state index contributed by atoms with van der Waals surface area (Å²) in [6, 6.07) is 9.17. The van der Waals surface area contributed by atoms with Crippen molar-refractivity contribution in [3.05, 3.63) is 77.4 Å². The first-order valence-electron chi connectivity index (χ1n) is 14.4. The Hall–Kier alpha value is -4.48. The van der Waals surface area contributed by atoms with Crippen molar-refractivity contribution in [3.8, 4) is 11.6 Å². The van der Waals surface area contributed by atoms with Gasteiger partial charge in [0.15, 0.2) is 11.6 Å². The molecule has 1 amide bonds. The van der Waals surface area contributed by atoms with Crippen LogP contribution in [0.5, 0.6) is 11.6 Å². The maximum atomic E-state index is 15.5. The second-order valence-corrected chi connectivity index (χ2v) is 11.5. The van der Waals surface area contributed by atoms with Crippen LogP contribution in [-0.4, -0.2) is 37.8 Å². The highest BCUT2D eigenvalue weighted by Gasteiger charge is 2.37. The van der Waals surface area contributed by atoms with Gasteiger partial charge in [0.25, 0.3) is 0 Å².